The minimum atomic E-state index is 0.424. The molecular formula is C8H11N5O. The van der Waals surface area contributed by atoms with Crippen LogP contribution in [0.15, 0.2) is 10.7 Å². The van der Waals surface area contributed by atoms with Crippen LogP contribution in [0.25, 0.3) is 11.5 Å². The number of rotatable bonds is 2. The minimum absolute atomic E-state index is 0.424. The van der Waals surface area contributed by atoms with E-state index in [2.05, 4.69) is 15.2 Å². The molecule has 0 aliphatic heterocycles. The molecular weight excluding hydrogens is 182 g/mol. The smallest absolute Gasteiger partial charge is 0.263 e. The molecule has 0 fully saturated rings. The molecule has 0 aliphatic carbocycles. The lowest BCUT2D eigenvalue weighted by molar-refractivity contribution is 0.423. The zero-order valence-corrected chi connectivity index (χ0v) is 8.06. The quantitative estimate of drug-likeness (QED) is 0.755. The lowest BCUT2D eigenvalue weighted by Gasteiger charge is -1.93. The molecule has 6 heteroatoms. The van der Waals surface area contributed by atoms with E-state index >= 15 is 0 Å². The van der Waals surface area contributed by atoms with Crippen LogP contribution >= 0.6 is 0 Å². The van der Waals surface area contributed by atoms with Gasteiger partial charge in [0.1, 0.15) is 11.4 Å². The van der Waals surface area contributed by atoms with Crippen molar-refractivity contribution in [1.82, 2.24) is 19.9 Å². The summed E-state index contributed by atoms with van der Waals surface area (Å²) in [5.74, 6) is 1.62. The summed E-state index contributed by atoms with van der Waals surface area (Å²) < 4.78 is 6.60. The molecule has 2 aromatic heterocycles. The molecule has 0 saturated heterocycles. The van der Waals surface area contributed by atoms with Crippen LogP contribution < -0.4 is 5.73 Å². The number of hydrogen-bond donors (Lipinski definition) is 1. The van der Waals surface area contributed by atoms with Crippen molar-refractivity contribution in [2.75, 3.05) is 5.73 Å². The van der Waals surface area contributed by atoms with Crippen LogP contribution in [-0.4, -0.2) is 19.9 Å². The number of nitrogens with two attached hydrogens (primary N) is 1. The fraction of sp³-hybridized carbons (Fsp3) is 0.375. The molecule has 0 spiro atoms. The van der Waals surface area contributed by atoms with E-state index in [-0.39, 0.29) is 0 Å². The third-order valence-electron chi connectivity index (χ3n) is 2.00. The standard InChI is InChI=1S/C8H11N5O/c1-3-6-11-8(14-12-6)5-4-10-13(2)7(5)9/h4H,3,9H2,1-2H3. The highest BCUT2D eigenvalue weighted by Crippen LogP contribution is 2.22. The predicted octanol–water partition coefficient (Wildman–Crippen LogP) is 0.615. The molecule has 0 unspecified atom stereocenters. The molecule has 2 aromatic rings. The minimum Gasteiger partial charge on any atom is -0.383 e. The Morgan fingerprint density at radius 2 is 2.36 bits per heavy atom. The molecule has 6 nitrogen and oxygen atoms in total. The molecule has 0 radical (unpaired) electrons. The second kappa shape index (κ2) is 3.13. The molecule has 0 aliphatic rings. The van der Waals surface area contributed by atoms with Gasteiger partial charge in [-0.15, -0.1) is 0 Å². The maximum atomic E-state index is 5.76. The largest absolute Gasteiger partial charge is 0.383 e. The summed E-state index contributed by atoms with van der Waals surface area (Å²) in [6.45, 7) is 1.96. The molecule has 14 heavy (non-hydrogen) atoms. The zero-order valence-electron chi connectivity index (χ0n) is 8.06. The third kappa shape index (κ3) is 1.24. The maximum Gasteiger partial charge on any atom is 0.263 e. The Morgan fingerprint density at radius 3 is 2.86 bits per heavy atom. The fourth-order valence-corrected chi connectivity index (χ4v) is 1.12. The van der Waals surface area contributed by atoms with Crippen LogP contribution in [0.4, 0.5) is 5.82 Å². The highest BCUT2D eigenvalue weighted by molar-refractivity contribution is 5.66. The van der Waals surface area contributed by atoms with E-state index in [4.69, 9.17) is 10.3 Å². The number of nitrogens with zero attached hydrogens (tertiary/aromatic N) is 4. The van der Waals surface area contributed by atoms with Gasteiger partial charge in [-0.3, -0.25) is 4.68 Å². The summed E-state index contributed by atoms with van der Waals surface area (Å²) in [5, 5.41) is 7.77. The van der Waals surface area contributed by atoms with Gasteiger partial charge in [-0.05, 0) is 0 Å². The Morgan fingerprint density at radius 1 is 1.57 bits per heavy atom. The van der Waals surface area contributed by atoms with Crippen LogP contribution in [0.3, 0.4) is 0 Å². The Hall–Kier alpha value is -1.85. The van der Waals surface area contributed by atoms with E-state index in [1.165, 1.54) is 0 Å². The van der Waals surface area contributed by atoms with Gasteiger partial charge in [0.2, 0.25) is 0 Å². The van der Waals surface area contributed by atoms with E-state index < -0.39 is 0 Å². The monoisotopic (exact) mass is 193 g/mol. The average molecular weight is 193 g/mol. The van der Waals surface area contributed by atoms with Crippen molar-refractivity contribution in [2.24, 2.45) is 7.05 Å². The van der Waals surface area contributed by atoms with Gasteiger partial charge in [-0.2, -0.15) is 10.1 Å². The van der Waals surface area contributed by atoms with Crippen molar-refractivity contribution < 1.29 is 4.52 Å². The van der Waals surface area contributed by atoms with Gasteiger partial charge in [0, 0.05) is 13.5 Å². The lowest BCUT2D eigenvalue weighted by Crippen LogP contribution is -1.98. The molecule has 0 saturated carbocycles. The number of hydrogen-bond acceptors (Lipinski definition) is 5. The Kier molecular flexibility index (Phi) is 1.95. The normalized spacial score (nSPS) is 10.7. The zero-order chi connectivity index (χ0) is 10.1. The summed E-state index contributed by atoms with van der Waals surface area (Å²) in [6, 6.07) is 0. The molecule has 0 bridgehead atoms. The van der Waals surface area contributed by atoms with Gasteiger partial charge in [0.05, 0.1) is 6.20 Å². The van der Waals surface area contributed by atoms with Crippen molar-refractivity contribution in [3.05, 3.63) is 12.0 Å². The van der Waals surface area contributed by atoms with E-state index in [1.807, 2.05) is 6.92 Å². The van der Waals surface area contributed by atoms with Crippen molar-refractivity contribution in [3.8, 4) is 11.5 Å². The van der Waals surface area contributed by atoms with Crippen molar-refractivity contribution >= 4 is 5.82 Å². The first-order valence-electron chi connectivity index (χ1n) is 4.32. The van der Waals surface area contributed by atoms with Crippen LogP contribution in [0, 0.1) is 0 Å². The van der Waals surface area contributed by atoms with Gasteiger partial charge < -0.3 is 10.3 Å². The Bertz CT molecular complexity index is 444. The second-order valence-electron chi connectivity index (χ2n) is 2.94. The first-order valence-corrected chi connectivity index (χ1v) is 4.32. The average Bonchev–Trinajstić information content (AvgIpc) is 2.75. The summed E-state index contributed by atoms with van der Waals surface area (Å²) in [6.07, 6.45) is 2.35. The van der Waals surface area contributed by atoms with E-state index in [9.17, 15) is 0 Å². The van der Waals surface area contributed by atoms with Gasteiger partial charge in [-0.25, -0.2) is 0 Å². The molecule has 2 N–H and O–H groups in total. The predicted molar refractivity (Wildman–Crippen MR) is 50.3 cm³/mol. The van der Waals surface area contributed by atoms with Crippen LogP contribution in [-0.2, 0) is 13.5 Å². The first-order chi connectivity index (χ1) is 6.72. The Balaban J connectivity index is 2.44. The first kappa shape index (κ1) is 8.74. The SMILES string of the molecule is CCc1noc(-c2cnn(C)c2N)n1. The second-order valence-corrected chi connectivity index (χ2v) is 2.94. The summed E-state index contributed by atoms with van der Waals surface area (Å²) in [7, 11) is 1.76. The van der Waals surface area contributed by atoms with E-state index in [1.54, 1.807) is 17.9 Å². The van der Waals surface area contributed by atoms with Crippen LogP contribution in [0.5, 0.6) is 0 Å². The third-order valence-corrected chi connectivity index (χ3v) is 2.00. The molecule has 2 rings (SSSR count). The van der Waals surface area contributed by atoms with Gasteiger partial charge in [0.15, 0.2) is 5.82 Å². The topological polar surface area (TPSA) is 82.8 Å². The summed E-state index contributed by atoms with van der Waals surface area (Å²) in [4.78, 5) is 4.16. The van der Waals surface area contributed by atoms with E-state index in [0.717, 1.165) is 6.42 Å². The molecule has 2 heterocycles. The van der Waals surface area contributed by atoms with Crippen molar-refractivity contribution in [2.45, 2.75) is 13.3 Å². The lowest BCUT2D eigenvalue weighted by atomic mass is 10.3. The maximum absolute atomic E-state index is 5.76. The Labute approximate surface area is 80.7 Å². The van der Waals surface area contributed by atoms with Gasteiger partial charge in [0.25, 0.3) is 5.89 Å². The summed E-state index contributed by atoms with van der Waals surface area (Å²) >= 11 is 0. The number of anilines is 1. The van der Waals surface area contributed by atoms with Crippen molar-refractivity contribution in [1.29, 1.82) is 0 Å². The van der Waals surface area contributed by atoms with Crippen LogP contribution in [0.2, 0.25) is 0 Å². The van der Waals surface area contributed by atoms with Gasteiger partial charge in [-0.1, -0.05) is 12.1 Å². The van der Waals surface area contributed by atoms with Gasteiger partial charge >= 0.3 is 0 Å². The van der Waals surface area contributed by atoms with Crippen LogP contribution in [0.1, 0.15) is 12.7 Å². The number of aromatic nitrogens is 4. The fourth-order valence-electron chi connectivity index (χ4n) is 1.12. The molecule has 74 valence electrons. The van der Waals surface area contributed by atoms with E-state index in [0.29, 0.717) is 23.1 Å². The molecule has 0 aromatic carbocycles. The summed E-state index contributed by atoms with van der Waals surface area (Å²) in [5.41, 5.74) is 6.44. The molecule has 0 amide bonds. The number of aryl methyl sites for hydroxylation is 2. The number of nitrogen functional groups attached to an aromatic ring is 1. The van der Waals surface area contributed by atoms with Crippen molar-refractivity contribution in [3.63, 3.8) is 0 Å². The highest BCUT2D eigenvalue weighted by Gasteiger charge is 2.13. The highest BCUT2D eigenvalue weighted by atomic mass is 16.5. The molecule has 0 atom stereocenters.